The van der Waals surface area contributed by atoms with Crippen LogP contribution < -0.4 is 25.4 Å². The number of hydrogen-bond donors (Lipinski definition) is 3. The zero-order valence-electron chi connectivity index (χ0n) is 14.5. The second-order valence-electron chi connectivity index (χ2n) is 5.71. The Morgan fingerprint density at radius 2 is 1.89 bits per heavy atom. The van der Waals surface area contributed by atoms with E-state index in [1.165, 1.54) is 0 Å². The Labute approximate surface area is 155 Å². The summed E-state index contributed by atoms with van der Waals surface area (Å²) in [5.74, 6) is 2.26. The normalized spacial score (nSPS) is 11.7. The lowest BCUT2D eigenvalue weighted by atomic mass is 10.2. The Morgan fingerprint density at radius 1 is 1.04 bits per heavy atom. The molecule has 2 heterocycles. The van der Waals surface area contributed by atoms with E-state index in [0.29, 0.717) is 28.8 Å². The Balaban J connectivity index is 1.50. The lowest BCUT2D eigenvalue weighted by Gasteiger charge is -2.10. The number of carbonyl (C=O) groups is 1. The number of amides is 1. The van der Waals surface area contributed by atoms with Crippen molar-refractivity contribution in [2.24, 2.45) is 0 Å². The van der Waals surface area contributed by atoms with Gasteiger partial charge in [-0.05, 0) is 42.5 Å². The molecular formula is C19H17N5O3. The lowest BCUT2D eigenvalue weighted by molar-refractivity contribution is 0.0963. The molecular weight excluding hydrogens is 346 g/mol. The quantitative estimate of drug-likeness (QED) is 0.641. The number of anilines is 4. The molecule has 1 amide bonds. The SMILES string of the molecule is CNC(=O)c1ccc(Nc2nccc(Nc3cccc4c3OCO4)n2)cc1. The molecule has 0 saturated carbocycles. The summed E-state index contributed by atoms with van der Waals surface area (Å²) in [6, 6.07) is 14.4. The molecule has 0 fully saturated rings. The van der Waals surface area contributed by atoms with Crippen LogP contribution in [0.1, 0.15) is 10.4 Å². The second-order valence-corrected chi connectivity index (χ2v) is 5.71. The van der Waals surface area contributed by atoms with Crippen molar-refractivity contribution in [2.45, 2.75) is 0 Å². The zero-order valence-corrected chi connectivity index (χ0v) is 14.5. The molecule has 3 aromatic rings. The van der Waals surface area contributed by atoms with E-state index in [0.717, 1.165) is 11.4 Å². The van der Waals surface area contributed by atoms with E-state index in [1.807, 2.05) is 18.2 Å². The number of para-hydroxylation sites is 1. The third-order valence-corrected chi connectivity index (χ3v) is 3.95. The molecule has 27 heavy (non-hydrogen) atoms. The number of nitrogens with zero attached hydrogens (tertiary/aromatic N) is 2. The third-order valence-electron chi connectivity index (χ3n) is 3.95. The topological polar surface area (TPSA) is 97.4 Å². The van der Waals surface area contributed by atoms with Crippen molar-refractivity contribution in [2.75, 3.05) is 24.5 Å². The Hall–Kier alpha value is -3.81. The Bertz CT molecular complexity index is 975. The predicted octanol–water partition coefficient (Wildman–Crippen LogP) is 3.05. The summed E-state index contributed by atoms with van der Waals surface area (Å²) in [4.78, 5) is 20.3. The van der Waals surface area contributed by atoms with Crippen molar-refractivity contribution in [3.05, 3.63) is 60.3 Å². The van der Waals surface area contributed by atoms with Crippen LogP contribution >= 0.6 is 0 Å². The van der Waals surface area contributed by atoms with Crippen LogP contribution in [0.5, 0.6) is 11.5 Å². The Kier molecular flexibility index (Phi) is 4.44. The number of nitrogens with one attached hydrogen (secondary N) is 3. The van der Waals surface area contributed by atoms with Crippen LogP contribution in [0, 0.1) is 0 Å². The first-order valence-corrected chi connectivity index (χ1v) is 8.31. The summed E-state index contributed by atoms with van der Waals surface area (Å²) < 4.78 is 10.9. The number of rotatable bonds is 5. The van der Waals surface area contributed by atoms with Gasteiger partial charge in [-0.3, -0.25) is 4.79 Å². The van der Waals surface area contributed by atoms with Crippen molar-refractivity contribution in [1.82, 2.24) is 15.3 Å². The molecule has 1 aliphatic heterocycles. The van der Waals surface area contributed by atoms with Gasteiger partial charge in [-0.15, -0.1) is 0 Å². The first kappa shape index (κ1) is 16.6. The van der Waals surface area contributed by atoms with Crippen LogP contribution in [0.3, 0.4) is 0 Å². The maximum absolute atomic E-state index is 11.6. The summed E-state index contributed by atoms with van der Waals surface area (Å²) in [7, 11) is 1.60. The van der Waals surface area contributed by atoms with Crippen LogP contribution in [0.15, 0.2) is 54.7 Å². The van der Waals surface area contributed by atoms with Gasteiger partial charge in [-0.25, -0.2) is 4.98 Å². The molecule has 0 bridgehead atoms. The molecule has 1 aromatic heterocycles. The number of fused-ring (bicyclic) bond motifs is 1. The highest BCUT2D eigenvalue weighted by atomic mass is 16.7. The molecule has 0 unspecified atom stereocenters. The monoisotopic (exact) mass is 363 g/mol. The first-order chi connectivity index (χ1) is 13.2. The predicted molar refractivity (Wildman–Crippen MR) is 101 cm³/mol. The third kappa shape index (κ3) is 3.59. The van der Waals surface area contributed by atoms with Crippen LogP contribution in [0.4, 0.5) is 23.1 Å². The van der Waals surface area contributed by atoms with Crippen molar-refractivity contribution in [3.63, 3.8) is 0 Å². The van der Waals surface area contributed by atoms with E-state index >= 15 is 0 Å². The molecule has 1 aliphatic rings. The summed E-state index contributed by atoms with van der Waals surface area (Å²) in [6.07, 6.45) is 1.65. The number of carbonyl (C=O) groups excluding carboxylic acids is 1. The molecule has 0 saturated heterocycles. The van der Waals surface area contributed by atoms with E-state index in [9.17, 15) is 4.79 Å². The Morgan fingerprint density at radius 3 is 2.70 bits per heavy atom. The van der Waals surface area contributed by atoms with Gasteiger partial charge in [0.15, 0.2) is 11.5 Å². The van der Waals surface area contributed by atoms with Crippen LogP contribution in [0.2, 0.25) is 0 Å². The molecule has 8 heteroatoms. The van der Waals surface area contributed by atoms with Gasteiger partial charge in [-0.2, -0.15) is 4.98 Å². The first-order valence-electron chi connectivity index (χ1n) is 8.31. The second kappa shape index (κ2) is 7.20. The van der Waals surface area contributed by atoms with Crippen LogP contribution in [-0.2, 0) is 0 Å². The largest absolute Gasteiger partial charge is 0.454 e. The molecule has 4 rings (SSSR count). The standard InChI is InChI=1S/C19H17N5O3/c1-20-18(25)12-5-7-13(8-6-12)22-19-21-10-9-16(24-19)23-14-3-2-4-15-17(14)27-11-26-15/h2-10H,11H2,1H3,(H,20,25)(H2,21,22,23,24). The van der Waals surface area contributed by atoms with Crippen molar-refractivity contribution >= 4 is 29.0 Å². The van der Waals surface area contributed by atoms with Gasteiger partial charge in [0.25, 0.3) is 5.91 Å². The molecule has 0 atom stereocenters. The maximum atomic E-state index is 11.6. The minimum Gasteiger partial charge on any atom is -0.454 e. The van der Waals surface area contributed by atoms with Crippen LogP contribution in [0.25, 0.3) is 0 Å². The van der Waals surface area contributed by atoms with E-state index in [2.05, 4.69) is 25.9 Å². The minimum absolute atomic E-state index is 0.134. The van der Waals surface area contributed by atoms with Crippen molar-refractivity contribution in [3.8, 4) is 11.5 Å². The fourth-order valence-corrected chi connectivity index (χ4v) is 2.63. The molecule has 0 aliphatic carbocycles. The fraction of sp³-hybridized carbons (Fsp3) is 0.105. The van der Waals surface area contributed by atoms with E-state index in [-0.39, 0.29) is 12.7 Å². The van der Waals surface area contributed by atoms with Gasteiger partial charge < -0.3 is 25.4 Å². The maximum Gasteiger partial charge on any atom is 0.251 e. The van der Waals surface area contributed by atoms with Crippen LogP contribution in [-0.4, -0.2) is 29.7 Å². The van der Waals surface area contributed by atoms with Gasteiger partial charge in [0.2, 0.25) is 12.7 Å². The molecule has 0 spiro atoms. The number of hydrogen-bond acceptors (Lipinski definition) is 7. The zero-order chi connectivity index (χ0) is 18.6. The average molecular weight is 363 g/mol. The molecule has 3 N–H and O–H groups in total. The smallest absolute Gasteiger partial charge is 0.251 e. The van der Waals surface area contributed by atoms with Gasteiger partial charge >= 0.3 is 0 Å². The van der Waals surface area contributed by atoms with Gasteiger partial charge in [0, 0.05) is 24.5 Å². The fourth-order valence-electron chi connectivity index (χ4n) is 2.63. The highest BCUT2D eigenvalue weighted by molar-refractivity contribution is 5.94. The number of benzene rings is 2. The van der Waals surface area contributed by atoms with E-state index < -0.39 is 0 Å². The van der Waals surface area contributed by atoms with E-state index in [4.69, 9.17) is 9.47 Å². The number of aromatic nitrogens is 2. The summed E-state index contributed by atoms with van der Waals surface area (Å²) in [5, 5.41) is 8.92. The van der Waals surface area contributed by atoms with Gasteiger partial charge in [-0.1, -0.05) is 6.07 Å². The summed E-state index contributed by atoms with van der Waals surface area (Å²) in [5.41, 5.74) is 2.13. The van der Waals surface area contributed by atoms with Gasteiger partial charge in [0.05, 0.1) is 5.69 Å². The minimum atomic E-state index is -0.134. The number of ether oxygens (including phenoxy) is 2. The summed E-state index contributed by atoms with van der Waals surface area (Å²) in [6.45, 7) is 0.205. The lowest BCUT2D eigenvalue weighted by Crippen LogP contribution is -2.17. The highest BCUT2D eigenvalue weighted by Crippen LogP contribution is 2.39. The molecule has 8 nitrogen and oxygen atoms in total. The summed E-state index contributed by atoms with van der Waals surface area (Å²) >= 11 is 0. The van der Waals surface area contributed by atoms with Crippen molar-refractivity contribution in [1.29, 1.82) is 0 Å². The van der Waals surface area contributed by atoms with Crippen molar-refractivity contribution < 1.29 is 14.3 Å². The highest BCUT2D eigenvalue weighted by Gasteiger charge is 2.17. The van der Waals surface area contributed by atoms with Gasteiger partial charge in [0.1, 0.15) is 5.82 Å². The molecule has 136 valence electrons. The average Bonchev–Trinajstić information content (AvgIpc) is 3.18. The molecule has 2 aromatic carbocycles. The van der Waals surface area contributed by atoms with E-state index in [1.54, 1.807) is 43.6 Å². The molecule has 0 radical (unpaired) electrons.